The van der Waals surface area contributed by atoms with Crippen LogP contribution in [0.15, 0.2) is 36.7 Å². The van der Waals surface area contributed by atoms with Crippen LogP contribution in [0.2, 0.25) is 0 Å². The van der Waals surface area contributed by atoms with E-state index in [1.165, 1.54) is 18.4 Å². The lowest BCUT2D eigenvalue weighted by Crippen LogP contribution is -2.48. The quantitative estimate of drug-likeness (QED) is 0.143. The zero-order valence-corrected chi connectivity index (χ0v) is 29.7. The van der Waals surface area contributed by atoms with Gasteiger partial charge in [-0.05, 0) is 94.1 Å². The minimum atomic E-state index is -0.618. The molecule has 1 aliphatic heterocycles. The van der Waals surface area contributed by atoms with Gasteiger partial charge >= 0.3 is 6.09 Å². The number of alkyl carbamates (subject to hydrolysis) is 1. The number of likely N-dealkylation sites (tertiary alicyclic amines) is 1. The smallest absolute Gasteiger partial charge is 0.407 e. The number of carbonyl (C=O) groups is 3. The molecule has 2 aromatic heterocycles. The molecule has 3 saturated carbocycles. The molecule has 2 bridgehead atoms. The van der Waals surface area contributed by atoms with Crippen molar-refractivity contribution in [3.05, 3.63) is 59.6 Å². The van der Waals surface area contributed by atoms with Gasteiger partial charge in [0.15, 0.2) is 0 Å². The number of carbonyl (C=O) groups excluding carboxylic acids is 3. The number of unbranched alkanes of at least 4 members (excludes halogenated alkanes) is 1. The van der Waals surface area contributed by atoms with Crippen LogP contribution in [0.4, 0.5) is 4.79 Å². The van der Waals surface area contributed by atoms with Crippen molar-refractivity contribution in [3.63, 3.8) is 0 Å². The summed E-state index contributed by atoms with van der Waals surface area (Å²) in [6.45, 7) is 4.76. The highest BCUT2D eigenvalue weighted by atomic mass is 16.5. The van der Waals surface area contributed by atoms with Gasteiger partial charge < -0.3 is 35.3 Å². The zero-order chi connectivity index (χ0) is 35.3. The number of hydrogen-bond acceptors (Lipinski definition) is 7. The predicted molar refractivity (Wildman–Crippen MR) is 189 cm³/mol. The third-order valence-corrected chi connectivity index (χ3v) is 11.5. The summed E-state index contributed by atoms with van der Waals surface area (Å²) in [5, 5.41) is 14.9. The number of H-pyrrole nitrogens is 2. The summed E-state index contributed by atoms with van der Waals surface area (Å²) in [7, 11) is 1.31. The maximum atomic E-state index is 13.4. The number of methoxy groups -OCH3 is 1. The lowest BCUT2D eigenvalue weighted by molar-refractivity contribution is -0.134. The summed E-state index contributed by atoms with van der Waals surface area (Å²) >= 11 is 0. The molecule has 3 aliphatic carbocycles. The highest BCUT2D eigenvalue weighted by Gasteiger charge is 2.51. The Labute approximate surface area is 294 Å². The van der Waals surface area contributed by atoms with Crippen LogP contribution in [-0.2, 0) is 31.6 Å². The Hall–Kier alpha value is -4.19. The Morgan fingerprint density at radius 3 is 2.42 bits per heavy atom. The average Bonchev–Trinajstić information content (AvgIpc) is 3.92. The summed E-state index contributed by atoms with van der Waals surface area (Å²) in [6, 6.07) is 8.33. The topological polar surface area (TPSA) is 165 Å². The standard InChI is InChI=1S/C38H53N7O5/c1-4-28(43-36(49)50-3)35(48)45-21-7-8-30(45)34-41-24-31(44-34)38-17-14-37(15-18-38,16-19-38)27-12-10-26(11-13-27)29-23-40-32(42-29)9-5-6-20-39-33(47)22-25(2)46/h10-13,23-25,28,30,46H,4-9,14-22H2,1-3H3,(H,39,47)(H,40,42)(H,41,44)(H,43,49). The molecule has 3 amide bonds. The van der Waals surface area contributed by atoms with Gasteiger partial charge in [0.1, 0.15) is 17.7 Å². The van der Waals surface area contributed by atoms with Crippen LogP contribution in [0.5, 0.6) is 0 Å². The number of nitrogens with one attached hydrogen (secondary N) is 4. The molecule has 270 valence electrons. The lowest BCUT2D eigenvalue weighted by atomic mass is 9.51. The second kappa shape index (κ2) is 15.4. The van der Waals surface area contributed by atoms with Crippen molar-refractivity contribution >= 4 is 17.9 Å². The van der Waals surface area contributed by atoms with Crippen molar-refractivity contribution in [2.75, 3.05) is 20.2 Å². The summed E-state index contributed by atoms with van der Waals surface area (Å²) in [6.07, 6.45) is 14.4. The van der Waals surface area contributed by atoms with E-state index in [2.05, 4.69) is 49.9 Å². The van der Waals surface area contributed by atoms with Gasteiger partial charge in [-0.1, -0.05) is 31.2 Å². The Morgan fingerprint density at radius 1 is 1.02 bits per heavy atom. The molecule has 3 heterocycles. The molecule has 4 aliphatic rings. The van der Waals surface area contributed by atoms with E-state index >= 15 is 0 Å². The maximum Gasteiger partial charge on any atom is 0.407 e. The summed E-state index contributed by atoms with van der Waals surface area (Å²) in [5.41, 5.74) is 5.06. The number of fused-ring (bicyclic) bond motifs is 3. The number of nitrogens with zero attached hydrogens (tertiary/aromatic N) is 3. The molecule has 4 fully saturated rings. The highest BCUT2D eigenvalue weighted by molar-refractivity contribution is 5.86. The fourth-order valence-electron chi connectivity index (χ4n) is 8.48. The Bertz CT molecular complexity index is 1610. The van der Waals surface area contributed by atoms with E-state index in [1.54, 1.807) is 6.92 Å². The number of rotatable bonds is 14. The molecule has 3 unspecified atom stereocenters. The number of amides is 3. The molecule has 0 spiro atoms. The number of aromatic nitrogens is 4. The minimum Gasteiger partial charge on any atom is -0.453 e. The van der Waals surface area contributed by atoms with E-state index in [1.807, 2.05) is 24.2 Å². The molecule has 1 aromatic carbocycles. The van der Waals surface area contributed by atoms with Gasteiger partial charge in [-0.2, -0.15) is 0 Å². The fourth-order valence-corrected chi connectivity index (χ4v) is 8.48. The second-order valence-electron chi connectivity index (χ2n) is 14.7. The normalized spacial score (nSPS) is 24.2. The maximum absolute atomic E-state index is 13.4. The summed E-state index contributed by atoms with van der Waals surface area (Å²) in [5.74, 6) is 1.60. The third kappa shape index (κ3) is 7.60. The monoisotopic (exact) mass is 687 g/mol. The molecular formula is C38H53N7O5. The molecule has 50 heavy (non-hydrogen) atoms. The SMILES string of the molecule is CCC(NC(=O)OC)C(=O)N1CCCC1c1ncc(C23CCC(c4ccc(-c5cnc(CCCCNC(=O)CC(C)O)[nH]5)cc4)(CC2)CC3)[nH]1. The van der Waals surface area contributed by atoms with Crippen LogP contribution in [0.3, 0.4) is 0 Å². The van der Waals surface area contributed by atoms with Gasteiger partial charge in [0, 0.05) is 36.8 Å². The number of aliphatic hydroxyl groups excluding tert-OH is 1. The molecule has 3 atom stereocenters. The van der Waals surface area contributed by atoms with Gasteiger partial charge in [-0.25, -0.2) is 14.8 Å². The van der Waals surface area contributed by atoms with E-state index in [9.17, 15) is 19.5 Å². The van der Waals surface area contributed by atoms with Gasteiger partial charge in [0.25, 0.3) is 0 Å². The number of ether oxygens (including phenoxy) is 1. The number of hydrogen-bond donors (Lipinski definition) is 5. The van der Waals surface area contributed by atoms with Crippen LogP contribution in [0.25, 0.3) is 11.3 Å². The Morgan fingerprint density at radius 2 is 1.74 bits per heavy atom. The van der Waals surface area contributed by atoms with Gasteiger partial charge in [-0.15, -0.1) is 0 Å². The first-order valence-corrected chi connectivity index (χ1v) is 18.5. The molecular weight excluding hydrogens is 634 g/mol. The number of benzene rings is 1. The molecule has 12 nitrogen and oxygen atoms in total. The predicted octanol–water partition coefficient (Wildman–Crippen LogP) is 5.35. The first kappa shape index (κ1) is 35.6. The van der Waals surface area contributed by atoms with Gasteiger partial charge in [-0.3, -0.25) is 9.59 Å². The van der Waals surface area contributed by atoms with Crippen molar-refractivity contribution in [2.24, 2.45) is 0 Å². The van der Waals surface area contributed by atoms with E-state index in [0.29, 0.717) is 19.5 Å². The highest BCUT2D eigenvalue weighted by Crippen LogP contribution is 2.58. The zero-order valence-electron chi connectivity index (χ0n) is 29.7. The van der Waals surface area contributed by atoms with Gasteiger partial charge in [0.2, 0.25) is 11.8 Å². The number of aromatic amines is 2. The van der Waals surface area contributed by atoms with Crippen molar-refractivity contribution < 1.29 is 24.2 Å². The Kier molecular flexibility index (Phi) is 11.0. The lowest BCUT2D eigenvalue weighted by Gasteiger charge is -2.53. The molecule has 0 radical (unpaired) electrons. The number of aliphatic hydroxyl groups is 1. The summed E-state index contributed by atoms with van der Waals surface area (Å²) in [4.78, 5) is 55.4. The number of imidazole rings is 2. The van der Waals surface area contributed by atoms with Crippen LogP contribution in [0.1, 0.15) is 120 Å². The van der Waals surface area contributed by atoms with Crippen LogP contribution >= 0.6 is 0 Å². The van der Waals surface area contributed by atoms with E-state index in [4.69, 9.17) is 9.72 Å². The van der Waals surface area contributed by atoms with Crippen molar-refractivity contribution in [1.82, 2.24) is 35.5 Å². The van der Waals surface area contributed by atoms with Crippen molar-refractivity contribution in [3.8, 4) is 11.3 Å². The van der Waals surface area contributed by atoms with Crippen molar-refractivity contribution in [1.29, 1.82) is 0 Å². The fraction of sp³-hybridized carbons (Fsp3) is 0.605. The van der Waals surface area contributed by atoms with Gasteiger partial charge in [0.05, 0.1) is 37.6 Å². The van der Waals surface area contributed by atoms with Crippen molar-refractivity contribution in [2.45, 2.75) is 126 Å². The molecule has 1 saturated heterocycles. The van der Waals surface area contributed by atoms with E-state index in [0.717, 1.165) is 93.5 Å². The molecule has 12 heteroatoms. The molecule has 3 aromatic rings. The van der Waals surface area contributed by atoms with E-state index < -0.39 is 18.2 Å². The largest absolute Gasteiger partial charge is 0.453 e. The third-order valence-electron chi connectivity index (χ3n) is 11.5. The molecule has 5 N–H and O–H groups in total. The Balaban J connectivity index is 1.03. The number of aryl methyl sites for hydroxylation is 1. The first-order valence-electron chi connectivity index (χ1n) is 18.5. The van der Waals surface area contributed by atoms with Crippen LogP contribution in [-0.4, -0.2) is 80.2 Å². The van der Waals surface area contributed by atoms with Crippen LogP contribution in [0, 0.1) is 0 Å². The minimum absolute atomic E-state index is 0.0834. The average molecular weight is 688 g/mol. The van der Waals surface area contributed by atoms with Crippen LogP contribution < -0.4 is 10.6 Å². The second-order valence-corrected chi connectivity index (χ2v) is 14.7. The van der Waals surface area contributed by atoms with E-state index in [-0.39, 0.29) is 35.1 Å². The summed E-state index contributed by atoms with van der Waals surface area (Å²) < 4.78 is 4.74. The molecule has 7 rings (SSSR count). The first-order chi connectivity index (χ1) is 24.1.